The van der Waals surface area contributed by atoms with Crippen molar-refractivity contribution in [3.63, 3.8) is 0 Å². The predicted molar refractivity (Wildman–Crippen MR) is 109 cm³/mol. The van der Waals surface area contributed by atoms with Crippen molar-refractivity contribution >= 4 is 46.5 Å². The van der Waals surface area contributed by atoms with E-state index in [0.717, 1.165) is 5.56 Å². The number of urea groups is 1. The standard InChI is InChI=1S/C21H17Cl2N3O2/c1-13-10-21(11-14-3-5-17(24-2)6-4-14)19(27)26(20(28)25(21)12-13)18-8-15(22)7-16(23)9-18/h3-9,13H,10-12H2,1H3/t13-,21-/m1/s1. The fourth-order valence-corrected chi connectivity index (χ4v) is 4.80. The molecule has 142 valence electrons. The van der Waals surface area contributed by atoms with Crippen LogP contribution in [0.25, 0.3) is 4.85 Å². The van der Waals surface area contributed by atoms with Crippen molar-refractivity contribution in [1.82, 2.24) is 4.90 Å². The molecule has 0 bridgehead atoms. The third-order valence-electron chi connectivity index (χ3n) is 5.39. The number of benzene rings is 2. The summed E-state index contributed by atoms with van der Waals surface area (Å²) in [7, 11) is 0. The molecule has 0 spiro atoms. The summed E-state index contributed by atoms with van der Waals surface area (Å²) in [6, 6.07) is 11.5. The van der Waals surface area contributed by atoms with E-state index in [1.165, 1.54) is 4.90 Å². The van der Waals surface area contributed by atoms with Crippen LogP contribution in [0.3, 0.4) is 0 Å². The van der Waals surface area contributed by atoms with Crippen LogP contribution >= 0.6 is 23.2 Å². The van der Waals surface area contributed by atoms with Gasteiger partial charge in [-0.3, -0.25) is 4.79 Å². The van der Waals surface area contributed by atoms with Crippen LogP contribution < -0.4 is 4.90 Å². The van der Waals surface area contributed by atoms with Crippen LogP contribution in [0.15, 0.2) is 42.5 Å². The van der Waals surface area contributed by atoms with Gasteiger partial charge in [0.25, 0.3) is 5.91 Å². The summed E-state index contributed by atoms with van der Waals surface area (Å²) in [6.07, 6.45) is 0.998. The van der Waals surface area contributed by atoms with Crippen molar-refractivity contribution in [2.24, 2.45) is 5.92 Å². The molecule has 2 saturated heterocycles. The minimum atomic E-state index is -0.926. The fraction of sp³-hybridized carbons (Fsp3) is 0.286. The second-order valence-corrected chi connectivity index (χ2v) is 8.33. The molecule has 0 radical (unpaired) electrons. The highest BCUT2D eigenvalue weighted by molar-refractivity contribution is 6.35. The van der Waals surface area contributed by atoms with E-state index < -0.39 is 5.54 Å². The lowest BCUT2D eigenvalue weighted by molar-refractivity contribution is -0.124. The third-order valence-corrected chi connectivity index (χ3v) is 5.82. The van der Waals surface area contributed by atoms with Crippen molar-refractivity contribution in [3.8, 4) is 0 Å². The molecular formula is C21H17Cl2N3O2. The van der Waals surface area contributed by atoms with E-state index >= 15 is 0 Å². The fourth-order valence-electron chi connectivity index (χ4n) is 4.28. The first-order valence-electron chi connectivity index (χ1n) is 8.93. The van der Waals surface area contributed by atoms with Crippen LogP contribution in [0.4, 0.5) is 16.2 Å². The van der Waals surface area contributed by atoms with E-state index in [1.807, 2.05) is 19.1 Å². The van der Waals surface area contributed by atoms with Gasteiger partial charge in [0, 0.05) is 23.0 Å². The van der Waals surface area contributed by atoms with Crippen LogP contribution in [-0.2, 0) is 11.2 Å². The van der Waals surface area contributed by atoms with Gasteiger partial charge in [0.05, 0.1) is 12.3 Å². The molecule has 4 rings (SSSR count). The van der Waals surface area contributed by atoms with Crippen LogP contribution in [0.5, 0.6) is 0 Å². The van der Waals surface area contributed by atoms with Gasteiger partial charge < -0.3 is 4.90 Å². The highest BCUT2D eigenvalue weighted by Gasteiger charge is 2.61. The SMILES string of the molecule is [C-]#[N+]c1ccc(C[C@@]23C[C@@H](C)CN2C(=O)N(c2cc(Cl)cc(Cl)c2)C3=O)cc1. The van der Waals surface area contributed by atoms with Gasteiger partial charge in [0.1, 0.15) is 5.54 Å². The molecule has 0 unspecified atom stereocenters. The zero-order valence-corrected chi connectivity index (χ0v) is 16.7. The average Bonchev–Trinajstić information content (AvgIpc) is 3.07. The molecule has 0 saturated carbocycles. The number of nitrogens with zero attached hydrogens (tertiary/aromatic N) is 3. The van der Waals surface area contributed by atoms with Crippen LogP contribution in [0, 0.1) is 12.5 Å². The van der Waals surface area contributed by atoms with Crippen LogP contribution in [-0.4, -0.2) is 28.9 Å². The maximum Gasteiger partial charge on any atom is 0.332 e. The highest BCUT2D eigenvalue weighted by Crippen LogP contribution is 2.44. The van der Waals surface area contributed by atoms with Crippen molar-refractivity contribution in [3.05, 3.63) is 69.5 Å². The van der Waals surface area contributed by atoms with E-state index in [9.17, 15) is 9.59 Å². The lowest BCUT2D eigenvalue weighted by Gasteiger charge is -2.28. The Labute approximate surface area is 173 Å². The van der Waals surface area contributed by atoms with Gasteiger partial charge >= 0.3 is 6.03 Å². The number of halogens is 2. The number of imide groups is 1. The largest absolute Gasteiger partial charge is 0.332 e. The summed E-state index contributed by atoms with van der Waals surface area (Å²) in [4.78, 5) is 33.0. The van der Waals surface area contributed by atoms with Crippen LogP contribution in [0.2, 0.25) is 10.0 Å². The summed E-state index contributed by atoms with van der Waals surface area (Å²) in [6.45, 7) is 9.65. The Hall–Kier alpha value is -2.55. The monoisotopic (exact) mass is 413 g/mol. The number of carbonyl (C=O) groups excluding carboxylic acids is 2. The Balaban J connectivity index is 1.74. The van der Waals surface area contributed by atoms with E-state index in [0.29, 0.717) is 40.8 Å². The summed E-state index contributed by atoms with van der Waals surface area (Å²) >= 11 is 12.2. The Bertz CT molecular complexity index is 995. The molecule has 2 heterocycles. The number of anilines is 1. The van der Waals surface area contributed by atoms with E-state index in [1.54, 1.807) is 35.2 Å². The molecule has 0 N–H and O–H groups in total. The predicted octanol–water partition coefficient (Wildman–Crippen LogP) is 5.33. The smallest absolute Gasteiger partial charge is 0.309 e. The second-order valence-electron chi connectivity index (χ2n) is 7.46. The minimum absolute atomic E-state index is 0.223. The number of hydrogen-bond donors (Lipinski definition) is 0. The Kier molecular flexibility index (Phi) is 4.57. The zero-order chi connectivity index (χ0) is 20.1. The van der Waals surface area contributed by atoms with Gasteiger partial charge in [-0.2, -0.15) is 0 Å². The molecule has 0 aromatic heterocycles. The molecule has 2 fully saturated rings. The molecule has 3 amide bonds. The number of amides is 3. The lowest BCUT2D eigenvalue weighted by atomic mass is 9.85. The van der Waals surface area contributed by atoms with Crippen LogP contribution in [0.1, 0.15) is 18.9 Å². The Morgan fingerprint density at radius 3 is 2.39 bits per heavy atom. The highest BCUT2D eigenvalue weighted by atomic mass is 35.5. The number of rotatable bonds is 3. The second kappa shape index (κ2) is 6.80. The summed E-state index contributed by atoms with van der Waals surface area (Å²) in [5, 5.41) is 0.736. The topological polar surface area (TPSA) is 45.0 Å². The molecule has 2 aliphatic rings. The number of hydrogen-bond acceptors (Lipinski definition) is 2. The molecule has 5 nitrogen and oxygen atoms in total. The van der Waals surface area contributed by atoms with Crippen molar-refractivity contribution in [1.29, 1.82) is 0 Å². The first-order chi connectivity index (χ1) is 13.3. The molecule has 7 heteroatoms. The quantitative estimate of drug-likeness (QED) is 0.503. The average molecular weight is 414 g/mol. The number of fused-ring (bicyclic) bond motifs is 1. The lowest BCUT2D eigenvalue weighted by Crippen LogP contribution is -2.47. The van der Waals surface area contributed by atoms with Gasteiger partial charge in [0.15, 0.2) is 5.69 Å². The molecule has 0 aliphatic carbocycles. The normalized spacial score (nSPS) is 23.9. The summed E-state index contributed by atoms with van der Waals surface area (Å²) in [5.74, 6) is -0.0325. The minimum Gasteiger partial charge on any atom is -0.309 e. The third kappa shape index (κ3) is 2.94. The molecule has 28 heavy (non-hydrogen) atoms. The molecular weight excluding hydrogens is 397 g/mol. The zero-order valence-electron chi connectivity index (χ0n) is 15.2. The molecule has 2 aromatic rings. The Morgan fingerprint density at radius 2 is 1.79 bits per heavy atom. The summed E-state index contributed by atoms with van der Waals surface area (Å²) < 4.78 is 0. The van der Waals surface area contributed by atoms with Gasteiger partial charge in [-0.15, -0.1) is 0 Å². The van der Waals surface area contributed by atoms with Gasteiger partial charge in [-0.25, -0.2) is 14.5 Å². The van der Waals surface area contributed by atoms with Gasteiger partial charge in [-0.05, 0) is 36.1 Å². The maximum atomic E-state index is 13.5. The van der Waals surface area contributed by atoms with Crippen molar-refractivity contribution < 1.29 is 9.59 Å². The van der Waals surface area contributed by atoms with Crippen molar-refractivity contribution in [2.45, 2.75) is 25.3 Å². The summed E-state index contributed by atoms with van der Waals surface area (Å²) in [5.41, 5.74) is 0.920. The van der Waals surface area contributed by atoms with Crippen molar-refractivity contribution in [2.75, 3.05) is 11.4 Å². The first kappa shape index (κ1) is 18.8. The molecule has 2 atom stereocenters. The van der Waals surface area contributed by atoms with Gasteiger partial charge in [-0.1, -0.05) is 54.4 Å². The molecule has 2 aliphatic heterocycles. The van der Waals surface area contributed by atoms with E-state index in [4.69, 9.17) is 29.8 Å². The van der Waals surface area contributed by atoms with Gasteiger partial charge in [0.2, 0.25) is 0 Å². The maximum absolute atomic E-state index is 13.5. The van der Waals surface area contributed by atoms with E-state index in [2.05, 4.69) is 4.85 Å². The Morgan fingerprint density at radius 1 is 1.14 bits per heavy atom. The first-order valence-corrected chi connectivity index (χ1v) is 9.68. The number of carbonyl (C=O) groups is 2. The molecule has 2 aromatic carbocycles. The van der Waals surface area contributed by atoms with E-state index in [-0.39, 0.29) is 17.9 Å².